The Balaban J connectivity index is 2.05. The van der Waals surface area contributed by atoms with E-state index in [1.54, 1.807) is 35.6 Å². The summed E-state index contributed by atoms with van der Waals surface area (Å²) in [5, 5.41) is 1.64. The lowest BCUT2D eigenvalue weighted by Crippen LogP contribution is -2.20. The first-order valence-electron chi connectivity index (χ1n) is 8.43. The topological polar surface area (TPSA) is 29.1 Å². The van der Waals surface area contributed by atoms with E-state index in [1.807, 2.05) is 6.92 Å². The van der Waals surface area contributed by atoms with Gasteiger partial charge in [0, 0.05) is 5.56 Å². The quantitative estimate of drug-likeness (QED) is 0.376. The zero-order chi connectivity index (χ0) is 22.2. The Kier molecular flexibility index (Phi) is 5.56. The molecule has 0 radical (unpaired) electrons. The molecule has 3 aromatic rings. The molecule has 0 fully saturated rings. The molecular formula is C21H12F7NO. The second-order valence-corrected chi connectivity index (χ2v) is 6.37. The smallest absolute Gasteiger partial charge is 0.317 e. The zero-order valence-corrected chi connectivity index (χ0v) is 15.2. The fourth-order valence-electron chi connectivity index (χ4n) is 2.84. The van der Waals surface area contributed by atoms with Crippen molar-refractivity contribution in [1.82, 2.24) is 0 Å². The normalized spacial score (nSPS) is 11.5. The molecule has 0 bridgehead atoms. The van der Waals surface area contributed by atoms with Gasteiger partial charge in [0.1, 0.15) is 11.3 Å². The van der Waals surface area contributed by atoms with Gasteiger partial charge in [0.05, 0.1) is 0 Å². The van der Waals surface area contributed by atoms with Crippen molar-refractivity contribution in [3.8, 4) is 11.1 Å². The summed E-state index contributed by atoms with van der Waals surface area (Å²) in [4.78, 5) is 12.6. The van der Waals surface area contributed by atoms with Crippen LogP contribution in [0.4, 0.5) is 36.4 Å². The molecule has 0 aromatic heterocycles. The molecule has 30 heavy (non-hydrogen) atoms. The largest absolute Gasteiger partial charge is 0.422 e. The number of halogens is 7. The van der Waals surface area contributed by atoms with Crippen LogP contribution in [-0.4, -0.2) is 5.91 Å². The van der Waals surface area contributed by atoms with E-state index >= 15 is 0 Å². The van der Waals surface area contributed by atoms with E-state index < -0.39 is 46.6 Å². The maximum absolute atomic E-state index is 14.1. The van der Waals surface area contributed by atoms with Crippen molar-refractivity contribution in [2.24, 2.45) is 0 Å². The minimum Gasteiger partial charge on any atom is -0.317 e. The molecule has 3 rings (SSSR count). The van der Waals surface area contributed by atoms with Crippen LogP contribution in [0.1, 0.15) is 21.5 Å². The average Bonchev–Trinajstić information content (AvgIpc) is 2.69. The fraction of sp³-hybridized carbons (Fsp3) is 0.0952. The third-order valence-electron chi connectivity index (χ3n) is 4.32. The summed E-state index contributed by atoms with van der Waals surface area (Å²) in [5.41, 5.74) is -2.64. The molecule has 0 aliphatic carbocycles. The highest BCUT2D eigenvalue weighted by Crippen LogP contribution is 2.38. The van der Waals surface area contributed by atoms with Crippen molar-refractivity contribution in [2.75, 3.05) is 5.32 Å². The summed E-state index contributed by atoms with van der Waals surface area (Å²) < 4.78 is 93.8. The number of aryl methyl sites for hydroxylation is 1. The van der Waals surface area contributed by atoms with E-state index in [1.165, 1.54) is 18.2 Å². The second kappa shape index (κ2) is 7.81. The molecule has 0 spiro atoms. The van der Waals surface area contributed by atoms with E-state index in [-0.39, 0.29) is 5.56 Å². The Morgan fingerprint density at radius 1 is 0.800 bits per heavy atom. The van der Waals surface area contributed by atoms with Crippen molar-refractivity contribution >= 4 is 11.6 Å². The number of nitrogens with one attached hydrogen (secondary N) is 1. The van der Waals surface area contributed by atoms with Crippen LogP contribution in [0, 0.1) is 30.2 Å². The van der Waals surface area contributed by atoms with E-state index in [4.69, 9.17) is 0 Å². The Morgan fingerprint density at radius 2 is 1.33 bits per heavy atom. The number of carbonyl (C=O) groups excluding carboxylic acids is 1. The van der Waals surface area contributed by atoms with E-state index in [9.17, 15) is 35.5 Å². The molecule has 0 atom stereocenters. The molecule has 1 N–H and O–H groups in total. The number of hydrogen-bond acceptors (Lipinski definition) is 1. The van der Waals surface area contributed by atoms with Crippen LogP contribution in [-0.2, 0) is 6.18 Å². The Hall–Kier alpha value is -3.36. The molecule has 0 heterocycles. The maximum Gasteiger partial charge on any atom is 0.422 e. The van der Waals surface area contributed by atoms with Gasteiger partial charge >= 0.3 is 6.18 Å². The van der Waals surface area contributed by atoms with Crippen LogP contribution in [0.25, 0.3) is 11.1 Å². The van der Waals surface area contributed by atoms with Crippen LogP contribution < -0.4 is 5.32 Å². The summed E-state index contributed by atoms with van der Waals surface area (Å²) in [6.07, 6.45) is -5.67. The van der Waals surface area contributed by atoms with Gasteiger partial charge < -0.3 is 5.32 Å². The van der Waals surface area contributed by atoms with Crippen LogP contribution in [0.5, 0.6) is 0 Å². The third-order valence-corrected chi connectivity index (χ3v) is 4.32. The molecule has 3 aromatic carbocycles. The summed E-state index contributed by atoms with van der Waals surface area (Å²) >= 11 is 0. The number of amides is 1. The number of anilines is 1. The summed E-state index contributed by atoms with van der Waals surface area (Å²) in [6.45, 7) is 1.83. The lowest BCUT2D eigenvalue weighted by atomic mass is 9.98. The third kappa shape index (κ3) is 3.87. The number of hydrogen-bond donors (Lipinski definition) is 1. The number of benzene rings is 3. The number of carbonyl (C=O) groups is 1. The lowest BCUT2D eigenvalue weighted by Gasteiger charge is -2.15. The van der Waals surface area contributed by atoms with E-state index in [0.29, 0.717) is 11.1 Å². The fourth-order valence-corrected chi connectivity index (χ4v) is 2.84. The molecule has 0 unspecified atom stereocenters. The van der Waals surface area contributed by atoms with Gasteiger partial charge in [-0.05, 0) is 24.1 Å². The first kappa shape index (κ1) is 21.4. The van der Waals surface area contributed by atoms with Gasteiger partial charge in [0.2, 0.25) is 0 Å². The molecule has 0 aliphatic heterocycles. The molecule has 1 amide bonds. The predicted octanol–water partition coefficient (Wildman–Crippen LogP) is 6.49. The molecular weight excluding hydrogens is 415 g/mol. The van der Waals surface area contributed by atoms with Crippen LogP contribution in [0.3, 0.4) is 0 Å². The second-order valence-electron chi connectivity index (χ2n) is 6.37. The van der Waals surface area contributed by atoms with E-state index in [0.717, 1.165) is 5.56 Å². The lowest BCUT2D eigenvalue weighted by molar-refractivity contribution is -0.143. The molecule has 2 nitrogen and oxygen atoms in total. The summed E-state index contributed by atoms with van der Waals surface area (Å²) in [6, 6.07) is 12.7. The van der Waals surface area contributed by atoms with Gasteiger partial charge in [-0.2, -0.15) is 13.2 Å². The summed E-state index contributed by atoms with van der Waals surface area (Å²) in [5.74, 6) is -11.2. The standard InChI is InChI=1S/C21H12F7NO/c1-10-6-8-11(9-7-10)12-4-2-3-5-13(12)20(30)29-19-17(24)15(22)14(21(26,27)28)16(23)18(19)25/h2-9H,1H3,(H,29,30). The van der Waals surface area contributed by atoms with Crippen molar-refractivity contribution in [3.63, 3.8) is 0 Å². The van der Waals surface area contributed by atoms with Crippen molar-refractivity contribution in [1.29, 1.82) is 0 Å². The van der Waals surface area contributed by atoms with Gasteiger partial charge in [-0.15, -0.1) is 0 Å². The Labute approximate surface area is 166 Å². The zero-order valence-electron chi connectivity index (χ0n) is 15.2. The van der Waals surface area contributed by atoms with Crippen LogP contribution in [0.15, 0.2) is 48.5 Å². The Bertz CT molecular complexity index is 1090. The molecule has 9 heteroatoms. The Morgan fingerprint density at radius 3 is 1.87 bits per heavy atom. The highest BCUT2D eigenvalue weighted by Gasteiger charge is 2.42. The highest BCUT2D eigenvalue weighted by atomic mass is 19.4. The molecule has 0 aliphatic rings. The first-order valence-corrected chi connectivity index (χ1v) is 8.43. The SMILES string of the molecule is Cc1ccc(-c2ccccc2C(=O)Nc2c(F)c(F)c(C(F)(F)F)c(F)c2F)cc1. The number of rotatable bonds is 3. The van der Waals surface area contributed by atoms with Crippen molar-refractivity contribution < 1.29 is 35.5 Å². The minimum absolute atomic E-state index is 0.110. The highest BCUT2D eigenvalue weighted by molar-refractivity contribution is 6.08. The minimum atomic E-state index is -5.67. The average molecular weight is 427 g/mol. The van der Waals surface area contributed by atoms with Crippen LogP contribution >= 0.6 is 0 Å². The van der Waals surface area contributed by atoms with Gasteiger partial charge in [-0.25, -0.2) is 17.6 Å². The summed E-state index contributed by atoms with van der Waals surface area (Å²) in [7, 11) is 0. The molecule has 0 saturated heterocycles. The van der Waals surface area contributed by atoms with E-state index in [2.05, 4.69) is 0 Å². The van der Waals surface area contributed by atoms with Gasteiger partial charge in [-0.1, -0.05) is 48.0 Å². The van der Waals surface area contributed by atoms with Crippen molar-refractivity contribution in [2.45, 2.75) is 13.1 Å². The van der Waals surface area contributed by atoms with Crippen LogP contribution in [0.2, 0.25) is 0 Å². The predicted molar refractivity (Wildman–Crippen MR) is 95.8 cm³/mol. The van der Waals surface area contributed by atoms with Gasteiger partial charge in [-0.3, -0.25) is 4.79 Å². The van der Waals surface area contributed by atoms with Gasteiger partial charge in [0.15, 0.2) is 23.3 Å². The molecule has 0 saturated carbocycles. The molecule has 156 valence electrons. The maximum atomic E-state index is 14.1. The van der Waals surface area contributed by atoms with Crippen molar-refractivity contribution in [3.05, 3.63) is 88.5 Å². The first-order chi connectivity index (χ1) is 14.0. The number of alkyl halides is 3. The van der Waals surface area contributed by atoms with Gasteiger partial charge in [0.25, 0.3) is 5.91 Å². The monoisotopic (exact) mass is 427 g/mol.